The molecule has 1 aliphatic rings. The first-order chi connectivity index (χ1) is 13.4. The van der Waals surface area contributed by atoms with Gasteiger partial charge in [0.25, 0.3) is 11.8 Å². The molecule has 4 N–H and O–H groups in total. The van der Waals surface area contributed by atoms with Gasteiger partial charge in [-0.05, 0) is 37.3 Å². The van der Waals surface area contributed by atoms with Gasteiger partial charge in [0.05, 0.1) is 29.6 Å². The number of nitrogens with two attached hydrogens (primary N) is 1. The largest absolute Gasteiger partial charge is 0.397 e. The Labute approximate surface area is 162 Å². The van der Waals surface area contributed by atoms with Crippen LogP contribution in [0.1, 0.15) is 11.1 Å². The molecule has 2 aromatic rings. The molecule has 2 atom stereocenters. The van der Waals surface area contributed by atoms with E-state index in [0.717, 1.165) is 5.56 Å². The molecule has 144 valence electrons. The van der Waals surface area contributed by atoms with Crippen LogP contribution < -0.4 is 16.0 Å². The second-order valence-electron chi connectivity index (χ2n) is 6.46. The Morgan fingerprint density at radius 1 is 1.36 bits per heavy atom. The van der Waals surface area contributed by atoms with Crippen LogP contribution >= 0.6 is 0 Å². The molecule has 2 aromatic carbocycles. The summed E-state index contributed by atoms with van der Waals surface area (Å²) >= 11 is 0. The fourth-order valence-electron chi connectivity index (χ4n) is 2.89. The highest BCUT2D eigenvalue weighted by atomic mass is 16.5. The topological polar surface area (TPSA) is 129 Å². The van der Waals surface area contributed by atoms with Crippen molar-refractivity contribution in [3.8, 4) is 6.07 Å². The molecule has 0 spiro atoms. The van der Waals surface area contributed by atoms with Crippen molar-refractivity contribution in [1.29, 1.82) is 5.26 Å². The van der Waals surface area contributed by atoms with Gasteiger partial charge in [-0.15, -0.1) is 0 Å². The molecule has 0 aromatic heterocycles. The minimum atomic E-state index is -1.73. The average Bonchev–Trinajstić information content (AvgIpc) is 2.70. The Morgan fingerprint density at radius 3 is 2.75 bits per heavy atom. The maximum Gasteiger partial charge on any atom is 0.259 e. The molecule has 8 heteroatoms. The second-order valence-corrected chi connectivity index (χ2v) is 6.46. The van der Waals surface area contributed by atoms with E-state index in [1.165, 1.54) is 23.1 Å². The Balaban J connectivity index is 1.75. The van der Waals surface area contributed by atoms with Crippen LogP contribution in [0.25, 0.3) is 0 Å². The minimum absolute atomic E-state index is 0.181. The second kappa shape index (κ2) is 8.08. The van der Waals surface area contributed by atoms with Crippen LogP contribution in [0.15, 0.2) is 42.5 Å². The number of anilines is 3. The number of aryl methyl sites for hydroxylation is 1. The van der Waals surface area contributed by atoms with Gasteiger partial charge in [0.1, 0.15) is 0 Å². The fraction of sp³-hybridized carbons (Fsp3) is 0.250. The van der Waals surface area contributed by atoms with Crippen molar-refractivity contribution >= 4 is 28.9 Å². The van der Waals surface area contributed by atoms with Crippen molar-refractivity contribution in [1.82, 2.24) is 0 Å². The minimum Gasteiger partial charge on any atom is -0.397 e. The summed E-state index contributed by atoms with van der Waals surface area (Å²) in [5, 5.41) is 21.8. The maximum absolute atomic E-state index is 12.8. The number of rotatable bonds is 4. The van der Waals surface area contributed by atoms with Crippen molar-refractivity contribution in [3.05, 3.63) is 53.6 Å². The third-order valence-corrected chi connectivity index (χ3v) is 4.46. The smallest absolute Gasteiger partial charge is 0.259 e. The normalized spacial score (nSPS) is 17.7. The molecule has 0 radical (unpaired) electrons. The van der Waals surface area contributed by atoms with E-state index in [0.29, 0.717) is 17.8 Å². The van der Waals surface area contributed by atoms with Gasteiger partial charge in [-0.3, -0.25) is 9.59 Å². The number of nitriles is 1. The lowest BCUT2D eigenvalue weighted by Gasteiger charge is -2.34. The highest BCUT2D eigenvalue weighted by molar-refractivity contribution is 6.04. The number of nitrogens with zero attached hydrogens (tertiary/aromatic N) is 2. The van der Waals surface area contributed by atoms with Crippen LogP contribution in [-0.2, 0) is 14.3 Å². The van der Waals surface area contributed by atoms with Crippen LogP contribution in [0, 0.1) is 18.3 Å². The lowest BCUT2D eigenvalue weighted by molar-refractivity contribution is -0.150. The molecular weight excluding hydrogens is 360 g/mol. The number of hydrogen-bond acceptors (Lipinski definition) is 6. The molecule has 1 aliphatic heterocycles. The van der Waals surface area contributed by atoms with E-state index >= 15 is 0 Å². The van der Waals surface area contributed by atoms with E-state index in [2.05, 4.69) is 5.32 Å². The van der Waals surface area contributed by atoms with Crippen LogP contribution in [0.2, 0.25) is 0 Å². The number of nitrogens with one attached hydrogen (secondary N) is 1. The SMILES string of the molecule is Cc1ccc(N2CCOC(C(O)C(=O)Nc3cc(C#N)ccc3N)C2=O)cc1. The van der Waals surface area contributed by atoms with Gasteiger partial charge in [-0.2, -0.15) is 5.26 Å². The van der Waals surface area contributed by atoms with E-state index in [1.54, 1.807) is 12.1 Å². The highest BCUT2D eigenvalue weighted by Gasteiger charge is 2.39. The van der Waals surface area contributed by atoms with Gasteiger partial charge in [-0.1, -0.05) is 17.7 Å². The summed E-state index contributed by atoms with van der Waals surface area (Å²) in [6.45, 7) is 2.44. The number of aliphatic hydroxyl groups excluding tert-OH is 1. The predicted octanol–water partition coefficient (Wildman–Crippen LogP) is 1.18. The van der Waals surface area contributed by atoms with Crippen LogP contribution in [-0.4, -0.2) is 42.3 Å². The molecule has 3 rings (SSSR count). The average molecular weight is 380 g/mol. The number of amides is 2. The standard InChI is InChI=1S/C20H20N4O4/c1-12-2-5-14(6-3-12)24-8-9-28-18(20(24)27)17(25)19(26)23-16-10-13(11-21)4-7-15(16)22/h2-7,10,17-18,25H,8-9,22H2,1H3,(H,23,26). The van der Waals surface area contributed by atoms with Gasteiger partial charge < -0.3 is 25.8 Å². The van der Waals surface area contributed by atoms with E-state index in [1.807, 2.05) is 25.1 Å². The Kier molecular flexibility index (Phi) is 5.59. The number of hydrogen-bond donors (Lipinski definition) is 3. The molecular formula is C20H20N4O4. The molecule has 2 amide bonds. The third kappa shape index (κ3) is 3.96. The fourth-order valence-corrected chi connectivity index (χ4v) is 2.89. The summed E-state index contributed by atoms with van der Waals surface area (Å²) in [5.74, 6) is -1.35. The zero-order chi connectivity index (χ0) is 20.3. The van der Waals surface area contributed by atoms with Gasteiger partial charge >= 0.3 is 0 Å². The van der Waals surface area contributed by atoms with E-state index in [9.17, 15) is 14.7 Å². The molecule has 2 unspecified atom stereocenters. The quantitative estimate of drug-likeness (QED) is 0.683. The lowest BCUT2D eigenvalue weighted by Crippen LogP contribution is -2.55. The molecule has 8 nitrogen and oxygen atoms in total. The summed E-state index contributed by atoms with van der Waals surface area (Å²) in [7, 11) is 0. The summed E-state index contributed by atoms with van der Waals surface area (Å²) < 4.78 is 5.38. The van der Waals surface area contributed by atoms with Crippen molar-refractivity contribution in [2.45, 2.75) is 19.1 Å². The zero-order valence-electron chi connectivity index (χ0n) is 15.3. The van der Waals surface area contributed by atoms with Crippen LogP contribution in [0.4, 0.5) is 17.1 Å². The first-order valence-corrected chi connectivity index (χ1v) is 8.69. The van der Waals surface area contributed by atoms with Gasteiger partial charge in [0, 0.05) is 12.2 Å². The van der Waals surface area contributed by atoms with Crippen molar-refractivity contribution < 1.29 is 19.4 Å². The Morgan fingerprint density at radius 2 is 2.07 bits per heavy atom. The summed E-state index contributed by atoms with van der Waals surface area (Å²) in [6.07, 6.45) is -3.07. The molecule has 0 saturated carbocycles. The van der Waals surface area contributed by atoms with Crippen molar-refractivity contribution in [2.24, 2.45) is 0 Å². The number of morpholine rings is 1. The third-order valence-electron chi connectivity index (χ3n) is 4.46. The predicted molar refractivity (Wildman–Crippen MR) is 103 cm³/mol. The monoisotopic (exact) mass is 380 g/mol. The first-order valence-electron chi connectivity index (χ1n) is 8.69. The molecule has 1 saturated heterocycles. The number of carbonyl (C=O) groups is 2. The van der Waals surface area contributed by atoms with Gasteiger partial charge in [-0.25, -0.2) is 0 Å². The van der Waals surface area contributed by atoms with Gasteiger partial charge in [0.15, 0.2) is 12.2 Å². The number of benzene rings is 2. The van der Waals surface area contributed by atoms with Crippen molar-refractivity contribution in [3.63, 3.8) is 0 Å². The lowest BCUT2D eigenvalue weighted by atomic mass is 10.1. The maximum atomic E-state index is 12.8. The Hall–Kier alpha value is -3.41. The summed E-state index contributed by atoms with van der Waals surface area (Å²) in [6, 6.07) is 13.7. The molecule has 1 fully saturated rings. The van der Waals surface area contributed by atoms with E-state index in [4.69, 9.17) is 15.7 Å². The first kappa shape index (κ1) is 19.4. The summed E-state index contributed by atoms with van der Waals surface area (Å²) in [5.41, 5.74) is 8.23. The van der Waals surface area contributed by atoms with Crippen molar-refractivity contribution in [2.75, 3.05) is 29.1 Å². The molecule has 1 heterocycles. The number of aliphatic hydroxyl groups is 1. The number of ether oxygens (including phenoxy) is 1. The van der Waals surface area contributed by atoms with Crippen LogP contribution in [0.3, 0.4) is 0 Å². The highest BCUT2D eigenvalue weighted by Crippen LogP contribution is 2.23. The zero-order valence-corrected chi connectivity index (χ0v) is 15.3. The molecule has 0 aliphatic carbocycles. The number of carbonyl (C=O) groups excluding carboxylic acids is 2. The number of nitrogen functional groups attached to an aromatic ring is 1. The molecule has 28 heavy (non-hydrogen) atoms. The Bertz CT molecular complexity index is 936. The molecule has 0 bridgehead atoms. The van der Waals surface area contributed by atoms with E-state index < -0.39 is 24.0 Å². The summed E-state index contributed by atoms with van der Waals surface area (Å²) in [4.78, 5) is 26.7. The van der Waals surface area contributed by atoms with Gasteiger partial charge in [0.2, 0.25) is 0 Å². The van der Waals surface area contributed by atoms with Crippen LogP contribution in [0.5, 0.6) is 0 Å². The van der Waals surface area contributed by atoms with E-state index in [-0.39, 0.29) is 18.0 Å².